The summed E-state index contributed by atoms with van der Waals surface area (Å²) in [5.74, 6) is -0.160. The molecular weight excluding hydrogens is 193 g/mol. The molecule has 1 aromatic carbocycles. The lowest BCUT2D eigenvalue weighted by Gasteiger charge is -2.12. The minimum atomic E-state index is -4.64. The maximum Gasteiger partial charge on any atom is 0.573 e. The van der Waals surface area contributed by atoms with E-state index < -0.39 is 6.36 Å². The van der Waals surface area contributed by atoms with Crippen molar-refractivity contribution in [3.8, 4) is 5.75 Å². The number of rotatable bonds is 2. The summed E-state index contributed by atoms with van der Waals surface area (Å²) in [4.78, 5) is 0. The van der Waals surface area contributed by atoms with Gasteiger partial charge in [0, 0.05) is 0 Å². The summed E-state index contributed by atoms with van der Waals surface area (Å²) in [6.45, 7) is 5.30. The van der Waals surface area contributed by atoms with Crippen LogP contribution in [0.2, 0.25) is 0 Å². The molecule has 77 valence electrons. The van der Waals surface area contributed by atoms with Crippen LogP contribution >= 0.6 is 0 Å². The van der Waals surface area contributed by atoms with Gasteiger partial charge in [0.05, 0.1) is 0 Å². The van der Waals surface area contributed by atoms with Gasteiger partial charge < -0.3 is 4.74 Å². The van der Waals surface area contributed by atoms with E-state index >= 15 is 0 Å². The van der Waals surface area contributed by atoms with Crippen LogP contribution in [0.4, 0.5) is 13.2 Å². The van der Waals surface area contributed by atoms with E-state index in [1.54, 1.807) is 19.1 Å². The van der Waals surface area contributed by atoms with E-state index in [0.717, 1.165) is 0 Å². The van der Waals surface area contributed by atoms with Crippen molar-refractivity contribution in [3.63, 3.8) is 0 Å². The van der Waals surface area contributed by atoms with Crippen LogP contribution in [0.3, 0.4) is 0 Å². The molecule has 0 heterocycles. The van der Waals surface area contributed by atoms with Gasteiger partial charge in [-0.25, -0.2) is 0 Å². The Kier molecular flexibility index (Phi) is 3.03. The Morgan fingerprint density at radius 3 is 2.50 bits per heavy atom. The molecule has 0 aromatic heterocycles. The highest BCUT2D eigenvalue weighted by Crippen LogP contribution is 2.27. The fraction of sp³-hybridized carbons (Fsp3) is 0.300. The van der Waals surface area contributed by atoms with E-state index in [9.17, 15) is 13.2 Å². The zero-order valence-electron chi connectivity index (χ0n) is 7.69. The Morgan fingerprint density at radius 1 is 1.36 bits per heavy atom. The summed E-state index contributed by atoms with van der Waals surface area (Å²) in [5, 5.41) is 0. The number of alkyl halides is 3. The summed E-state index contributed by atoms with van der Waals surface area (Å²) in [6, 6.07) is 4.53. The van der Waals surface area contributed by atoms with Crippen molar-refractivity contribution < 1.29 is 17.9 Å². The van der Waals surface area contributed by atoms with Crippen LogP contribution in [0, 0.1) is 6.92 Å². The van der Waals surface area contributed by atoms with Crippen LogP contribution in [-0.4, -0.2) is 6.36 Å². The Morgan fingerprint density at radius 2 is 2.00 bits per heavy atom. The van der Waals surface area contributed by atoms with Crippen LogP contribution in [-0.2, 0) is 6.42 Å². The van der Waals surface area contributed by atoms with Gasteiger partial charge in [0.25, 0.3) is 0 Å². The third kappa shape index (κ3) is 2.94. The zero-order valence-corrected chi connectivity index (χ0v) is 7.69. The molecule has 0 bridgehead atoms. The van der Waals surface area contributed by atoms with E-state index in [2.05, 4.69) is 11.7 Å². The first-order valence-corrected chi connectivity index (χ1v) is 4.13. The molecule has 0 amide bonds. The largest absolute Gasteiger partial charge is 0.573 e. The summed E-state index contributed by atoms with van der Waals surface area (Å²) >= 11 is 0. The molecule has 0 N–H and O–H groups in total. The quantitative estimate of drug-likeness (QED) is 0.716. The lowest BCUT2D eigenvalue weighted by atomic mass is 10.1. The van der Waals surface area contributed by atoms with Crippen molar-refractivity contribution in [1.82, 2.24) is 0 Å². The molecule has 0 spiro atoms. The maximum atomic E-state index is 11.9. The summed E-state index contributed by atoms with van der Waals surface area (Å²) in [7, 11) is 0. The van der Waals surface area contributed by atoms with Crippen molar-refractivity contribution in [3.05, 3.63) is 36.2 Å². The SMILES string of the molecule is [CH2]c1ccc(CC)c(OC(F)(F)F)c1. The molecule has 0 aliphatic rings. The third-order valence-electron chi connectivity index (χ3n) is 1.74. The number of hydrogen-bond donors (Lipinski definition) is 0. The molecule has 1 nitrogen and oxygen atoms in total. The molecule has 4 heteroatoms. The Hall–Kier alpha value is -1.19. The third-order valence-corrected chi connectivity index (χ3v) is 1.74. The normalized spacial score (nSPS) is 11.5. The molecular formula is C10H10F3O. The highest BCUT2D eigenvalue weighted by atomic mass is 19.4. The minimum absolute atomic E-state index is 0.160. The maximum absolute atomic E-state index is 11.9. The van der Waals surface area contributed by atoms with Crippen LogP contribution < -0.4 is 4.74 Å². The zero-order chi connectivity index (χ0) is 10.8. The average Bonchev–Trinajstić information content (AvgIpc) is 2.01. The molecule has 0 aliphatic heterocycles. The molecule has 0 aliphatic carbocycles. The first-order valence-electron chi connectivity index (χ1n) is 4.13. The first kappa shape index (κ1) is 10.9. The van der Waals surface area contributed by atoms with Gasteiger partial charge in [-0.3, -0.25) is 0 Å². The number of aryl methyl sites for hydroxylation is 1. The number of halogens is 3. The Labute approximate surface area is 80.5 Å². The molecule has 0 atom stereocenters. The highest BCUT2D eigenvalue weighted by Gasteiger charge is 2.31. The Bertz CT molecular complexity index is 318. The average molecular weight is 203 g/mol. The van der Waals surface area contributed by atoms with Gasteiger partial charge in [-0.2, -0.15) is 0 Å². The van der Waals surface area contributed by atoms with Gasteiger partial charge in [-0.1, -0.05) is 19.1 Å². The van der Waals surface area contributed by atoms with Crippen molar-refractivity contribution in [1.29, 1.82) is 0 Å². The number of ether oxygens (including phenoxy) is 1. The van der Waals surface area contributed by atoms with Crippen molar-refractivity contribution in [2.45, 2.75) is 19.7 Å². The lowest BCUT2D eigenvalue weighted by molar-refractivity contribution is -0.274. The topological polar surface area (TPSA) is 9.23 Å². The smallest absolute Gasteiger partial charge is 0.405 e. The number of hydrogen-bond acceptors (Lipinski definition) is 1. The highest BCUT2D eigenvalue weighted by molar-refractivity contribution is 5.38. The molecule has 1 aromatic rings. The Balaban J connectivity index is 2.99. The van der Waals surface area contributed by atoms with E-state index in [1.807, 2.05) is 0 Å². The second-order valence-electron chi connectivity index (χ2n) is 2.84. The van der Waals surface area contributed by atoms with E-state index in [0.29, 0.717) is 17.5 Å². The van der Waals surface area contributed by atoms with Crippen LogP contribution in [0.15, 0.2) is 18.2 Å². The van der Waals surface area contributed by atoms with Crippen molar-refractivity contribution >= 4 is 0 Å². The lowest BCUT2D eigenvalue weighted by Crippen LogP contribution is -2.18. The van der Waals surface area contributed by atoms with Crippen LogP contribution in [0.5, 0.6) is 5.75 Å². The molecule has 0 saturated heterocycles. The van der Waals surface area contributed by atoms with Crippen molar-refractivity contribution in [2.24, 2.45) is 0 Å². The van der Waals surface area contributed by atoms with E-state index in [1.165, 1.54) is 6.07 Å². The van der Waals surface area contributed by atoms with Crippen molar-refractivity contribution in [2.75, 3.05) is 0 Å². The minimum Gasteiger partial charge on any atom is -0.405 e. The van der Waals surface area contributed by atoms with Crippen LogP contribution in [0.25, 0.3) is 0 Å². The fourth-order valence-corrected chi connectivity index (χ4v) is 1.11. The molecule has 14 heavy (non-hydrogen) atoms. The fourth-order valence-electron chi connectivity index (χ4n) is 1.11. The van der Waals surface area contributed by atoms with Gasteiger partial charge in [0.2, 0.25) is 0 Å². The second kappa shape index (κ2) is 3.90. The van der Waals surface area contributed by atoms with Gasteiger partial charge in [-0.15, -0.1) is 13.2 Å². The standard InChI is InChI=1S/C10H10F3O/c1-3-8-5-4-7(2)6-9(8)14-10(11,12)13/h4-6H,2-3H2,1H3. The summed E-state index contributed by atoms with van der Waals surface area (Å²) < 4.78 is 39.7. The second-order valence-corrected chi connectivity index (χ2v) is 2.84. The summed E-state index contributed by atoms with van der Waals surface area (Å²) in [5.41, 5.74) is 1.02. The van der Waals surface area contributed by atoms with Crippen LogP contribution in [0.1, 0.15) is 18.1 Å². The molecule has 0 unspecified atom stereocenters. The molecule has 0 saturated carbocycles. The monoisotopic (exact) mass is 203 g/mol. The van der Waals surface area contributed by atoms with E-state index in [4.69, 9.17) is 0 Å². The van der Waals surface area contributed by atoms with E-state index in [-0.39, 0.29) is 5.75 Å². The summed E-state index contributed by atoms with van der Waals surface area (Å²) in [6.07, 6.45) is -4.15. The molecule has 1 radical (unpaired) electrons. The van der Waals surface area contributed by atoms with Gasteiger partial charge >= 0.3 is 6.36 Å². The number of benzene rings is 1. The van der Waals surface area contributed by atoms with Gasteiger partial charge in [0.1, 0.15) is 5.75 Å². The predicted octanol–water partition coefficient (Wildman–Crippen LogP) is 3.33. The first-order chi connectivity index (χ1) is 6.42. The molecule has 1 rings (SSSR count). The molecule has 0 fully saturated rings. The predicted molar refractivity (Wildman–Crippen MR) is 47.0 cm³/mol. The van der Waals surface area contributed by atoms with Gasteiger partial charge in [-0.05, 0) is 30.5 Å². The van der Waals surface area contributed by atoms with Gasteiger partial charge in [0.15, 0.2) is 0 Å².